The average Bonchev–Trinajstić information content (AvgIpc) is 3.34. The number of esters is 1. The van der Waals surface area contributed by atoms with Crippen molar-refractivity contribution in [2.24, 2.45) is 11.0 Å². The average molecular weight is 498 g/mol. The number of hydrogen-bond donors (Lipinski definition) is 0. The normalized spacial score (nSPS) is 20.1. The lowest BCUT2D eigenvalue weighted by atomic mass is 9.97. The van der Waals surface area contributed by atoms with Gasteiger partial charge in [-0.05, 0) is 44.5 Å². The first kappa shape index (κ1) is 25.6. The lowest BCUT2D eigenvalue weighted by molar-refractivity contribution is -0.150. The molecule has 2 atom stereocenters. The van der Waals surface area contributed by atoms with E-state index in [1.807, 2.05) is 11.0 Å². The van der Waals surface area contributed by atoms with Gasteiger partial charge in [0.1, 0.15) is 17.3 Å². The van der Waals surface area contributed by atoms with Gasteiger partial charge in [0.05, 0.1) is 45.0 Å². The molecule has 0 spiro atoms. The topological polar surface area (TPSA) is 80.7 Å². The molecule has 4 rings (SSSR count). The molecule has 9 heteroatoms. The molecule has 1 amide bonds. The lowest BCUT2D eigenvalue weighted by Crippen LogP contribution is -2.44. The van der Waals surface area contributed by atoms with Gasteiger partial charge in [0.2, 0.25) is 0 Å². The second kappa shape index (κ2) is 11.5. The molecule has 2 aromatic carbocycles. The van der Waals surface area contributed by atoms with Gasteiger partial charge in [0.25, 0.3) is 5.91 Å². The van der Waals surface area contributed by atoms with Crippen molar-refractivity contribution in [3.05, 3.63) is 59.4 Å². The van der Waals surface area contributed by atoms with Crippen molar-refractivity contribution in [1.29, 1.82) is 0 Å². The largest absolute Gasteiger partial charge is 0.497 e. The van der Waals surface area contributed by atoms with Crippen molar-refractivity contribution >= 4 is 17.6 Å². The summed E-state index contributed by atoms with van der Waals surface area (Å²) in [5.41, 5.74) is 1.61. The summed E-state index contributed by atoms with van der Waals surface area (Å²) in [6, 6.07) is 11.4. The van der Waals surface area contributed by atoms with Gasteiger partial charge in [-0.2, -0.15) is 5.10 Å². The second-order valence-electron chi connectivity index (χ2n) is 8.92. The maximum Gasteiger partial charge on any atom is 0.310 e. The van der Waals surface area contributed by atoms with Crippen LogP contribution in [0.1, 0.15) is 43.4 Å². The number of ether oxygens (including phenoxy) is 3. The van der Waals surface area contributed by atoms with E-state index in [4.69, 9.17) is 14.2 Å². The van der Waals surface area contributed by atoms with Gasteiger partial charge in [-0.25, -0.2) is 9.40 Å². The van der Waals surface area contributed by atoms with Crippen LogP contribution in [0.3, 0.4) is 0 Å². The number of likely N-dealkylation sites (tertiary alicyclic amines) is 1. The molecule has 36 heavy (non-hydrogen) atoms. The summed E-state index contributed by atoms with van der Waals surface area (Å²) in [7, 11) is 3.13. The number of halogens is 1. The van der Waals surface area contributed by atoms with E-state index >= 15 is 0 Å². The van der Waals surface area contributed by atoms with Crippen molar-refractivity contribution in [2.45, 2.75) is 32.2 Å². The van der Waals surface area contributed by atoms with Gasteiger partial charge in [-0.3, -0.25) is 14.5 Å². The van der Waals surface area contributed by atoms with Crippen LogP contribution in [0.5, 0.6) is 11.5 Å². The van der Waals surface area contributed by atoms with E-state index in [-0.39, 0.29) is 30.2 Å². The summed E-state index contributed by atoms with van der Waals surface area (Å²) in [5, 5.41) is 6.03. The molecule has 2 aromatic rings. The van der Waals surface area contributed by atoms with Crippen LogP contribution < -0.4 is 9.47 Å². The van der Waals surface area contributed by atoms with Crippen LogP contribution in [0.15, 0.2) is 47.6 Å². The SMILES string of the molecule is CCOC(=O)[C@@H]1CCCN(CC(=O)N2N=C(c3ccccc3F)C[C@H]2c2ccc(OC)cc2OC)C1. The van der Waals surface area contributed by atoms with E-state index in [9.17, 15) is 14.0 Å². The highest BCUT2D eigenvalue weighted by Crippen LogP contribution is 2.39. The third-order valence-electron chi connectivity index (χ3n) is 6.63. The Bertz CT molecular complexity index is 1140. The number of methoxy groups -OCH3 is 2. The fourth-order valence-corrected chi connectivity index (χ4v) is 4.85. The number of hydrogen-bond acceptors (Lipinski definition) is 7. The Kier molecular flexibility index (Phi) is 8.20. The highest BCUT2D eigenvalue weighted by molar-refractivity contribution is 6.03. The molecule has 0 saturated carbocycles. The zero-order chi connectivity index (χ0) is 25.7. The van der Waals surface area contributed by atoms with Gasteiger partial charge in [0.15, 0.2) is 0 Å². The van der Waals surface area contributed by atoms with Gasteiger partial charge in [-0.1, -0.05) is 18.2 Å². The Labute approximate surface area is 210 Å². The van der Waals surface area contributed by atoms with Crippen LogP contribution in [0.2, 0.25) is 0 Å². The van der Waals surface area contributed by atoms with Crippen molar-refractivity contribution in [1.82, 2.24) is 9.91 Å². The second-order valence-corrected chi connectivity index (χ2v) is 8.92. The number of hydrazone groups is 1. The predicted molar refractivity (Wildman–Crippen MR) is 132 cm³/mol. The first-order valence-corrected chi connectivity index (χ1v) is 12.2. The molecular weight excluding hydrogens is 465 g/mol. The number of amides is 1. The molecule has 0 radical (unpaired) electrons. The Morgan fingerprint density at radius 3 is 2.67 bits per heavy atom. The molecular formula is C27H32FN3O5. The van der Waals surface area contributed by atoms with E-state index in [0.717, 1.165) is 18.4 Å². The molecule has 0 bridgehead atoms. The zero-order valence-electron chi connectivity index (χ0n) is 20.9. The van der Waals surface area contributed by atoms with Crippen molar-refractivity contribution in [3.63, 3.8) is 0 Å². The van der Waals surface area contributed by atoms with E-state index in [2.05, 4.69) is 5.10 Å². The molecule has 0 aliphatic carbocycles. The van der Waals surface area contributed by atoms with Crippen molar-refractivity contribution in [3.8, 4) is 11.5 Å². The first-order valence-electron chi connectivity index (χ1n) is 12.2. The van der Waals surface area contributed by atoms with Crippen LogP contribution in [0.25, 0.3) is 0 Å². The number of rotatable bonds is 8. The van der Waals surface area contributed by atoms with E-state index in [1.165, 1.54) is 11.1 Å². The molecule has 1 fully saturated rings. The maximum absolute atomic E-state index is 14.6. The predicted octanol–water partition coefficient (Wildman–Crippen LogP) is 3.80. The summed E-state index contributed by atoms with van der Waals surface area (Å²) >= 11 is 0. The molecule has 0 unspecified atom stereocenters. The van der Waals surface area contributed by atoms with Gasteiger partial charge in [0, 0.05) is 30.2 Å². The van der Waals surface area contributed by atoms with Gasteiger partial charge in [-0.15, -0.1) is 0 Å². The molecule has 2 aliphatic heterocycles. The van der Waals surface area contributed by atoms with Crippen LogP contribution in [-0.2, 0) is 14.3 Å². The number of carbonyl (C=O) groups excluding carboxylic acids is 2. The fourth-order valence-electron chi connectivity index (χ4n) is 4.85. The highest BCUT2D eigenvalue weighted by Gasteiger charge is 2.37. The smallest absolute Gasteiger partial charge is 0.310 e. The summed E-state index contributed by atoms with van der Waals surface area (Å²) in [4.78, 5) is 27.8. The van der Waals surface area contributed by atoms with Gasteiger partial charge >= 0.3 is 5.97 Å². The molecule has 0 aromatic heterocycles. The van der Waals surface area contributed by atoms with Crippen molar-refractivity contribution < 1.29 is 28.2 Å². The van der Waals surface area contributed by atoms with Crippen molar-refractivity contribution in [2.75, 3.05) is 40.5 Å². The molecule has 2 heterocycles. The van der Waals surface area contributed by atoms with Gasteiger partial charge < -0.3 is 14.2 Å². The zero-order valence-corrected chi connectivity index (χ0v) is 20.9. The Morgan fingerprint density at radius 2 is 1.94 bits per heavy atom. The van der Waals surface area contributed by atoms with E-state index in [0.29, 0.717) is 48.9 Å². The summed E-state index contributed by atoms with van der Waals surface area (Å²) in [5.74, 6) is 0.0899. The number of nitrogens with zero attached hydrogens (tertiary/aromatic N) is 3. The quantitative estimate of drug-likeness (QED) is 0.516. The fraction of sp³-hybridized carbons (Fsp3) is 0.444. The summed E-state index contributed by atoms with van der Waals surface area (Å²) in [6.45, 7) is 3.38. The lowest BCUT2D eigenvalue weighted by Gasteiger charge is -2.32. The maximum atomic E-state index is 14.6. The molecule has 8 nitrogen and oxygen atoms in total. The molecule has 1 saturated heterocycles. The van der Waals surface area contributed by atoms with E-state index in [1.54, 1.807) is 51.5 Å². The summed E-state index contributed by atoms with van der Waals surface area (Å²) < 4.78 is 30.7. The molecule has 192 valence electrons. The third-order valence-corrected chi connectivity index (χ3v) is 6.63. The highest BCUT2D eigenvalue weighted by atomic mass is 19.1. The Morgan fingerprint density at radius 1 is 1.14 bits per heavy atom. The monoisotopic (exact) mass is 497 g/mol. The Hall–Kier alpha value is -3.46. The van der Waals surface area contributed by atoms with Crippen LogP contribution in [0.4, 0.5) is 4.39 Å². The standard InChI is InChI=1S/C27H32FN3O5/c1-4-36-27(33)18-8-7-13-30(16-18)17-26(32)31-24(21-12-11-19(34-2)14-25(21)35-3)15-23(29-31)20-9-5-6-10-22(20)28/h5-6,9-12,14,18,24H,4,7-8,13,15-17H2,1-3H3/t18-,24+/m1/s1. The molecule has 2 aliphatic rings. The van der Waals surface area contributed by atoms with Crippen LogP contribution in [-0.4, -0.2) is 68.0 Å². The minimum atomic E-state index is -0.474. The summed E-state index contributed by atoms with van der Waals surface area (Å²) in [6.07, 6.45) is 1.88. The van der Waals surface area contributed by atoms with Crippen LogP contribution >= 0.6 is 0 Å². The number of piperidine rings is 1. The molecule has 0 N–H and O–H groups in total. The Balaban J connectivity index is 1.61. The van der Waals surface area contributed by atoms with Crippen LogP contribution in [0, 0.1) is 11.7 Å². The third kappa shape index (κ3) is 5.51. The number of carbonyl (C=O) groups is 2. The minimum absolute atomic E-state index is 0.0962. The number of benzene rings is 2. The first-order chi connectivity index (χ1) is 17.4. The minimum Gasteiger partial charge on any atom is -0.497 e. The van der Waals surface area contributed by atoms with E-state index < -0.39 is 6.04 Å².